The normalized spacial score (nSPS) is 33.4. The van der Waals surface area contributed by atoms with Gasteiger partial charge in [-0.05, 0) is 73.6 Å². The molecule has 3 aliphatic carbocycles. The number of ether oxygens (including phenoxy) is 1. The minimum atomic E-state index is -2.82. The lowest BCUT2D eigenvalue weighted by Gasteiger charge is -2.31. The third-order valence-corrected chi connectivity index (χ3v) is 6.25. The molecule has 6 heteroatoms. The Labute approximate surface area is 146 Å². The number of nitrogens with two attached hydrogens (primary N) is 1. The van der Waals surface area contributed by atoms with E-state index in [2.05, 4.69) is 10.1 Å². The first kappa shape index (κ1) is 16.8. The van der Waals surface area contributed by atoms with E-state index in [1.807, 2.05) is 0 Å². The van der Waals surface area contributed by atoms with Gasteiger partial charge < -0.3 is 15.8 Å². The van der Waals surface area contributed by atoms with Gasteiger partial charge in [0, 0.05) is 6.04 Å². The maximum Gasteiger partial charge on any atom is 0.387 e. The van der Waals surface area contributed by atoms with Gasteiger partial charge in [0.1, 0.15) is 5.75 Å². The quantitative estimate of drug-likeness (QED) is 0.877. The lowest BCUT2D eigenvalue weighted by Crippen LogP contribution is -2.46. The Bertz CT molecular complexity index is 665. The Kier molecular flexibility index (Phi) is 4.40. The van der Waals surface area contributed by atoms with E-state index in [1.165, 1.54) is 0 Å². The second-order valence-corrected chi connectivity index (χ2v) is 7.63. The highest BCUT2D eigenvalue weighted by atomic mass is 19.3. The van der Waals surface area contributed by atoms with Crippen molar-refractivity contribution < 1.29 is 18.3 Å². The van der Waals surface area contributed by atoms with Gasteiger partial charge in [-0.15, -0.1) is 0 Å². The molecule has 1 aromatic rings. The van der Waals surface area contributed by atoms with E-state index in [1.54, 1.807) is 18.2 Å². The number of alkyl halides is 2. The predicted octanol–water partition coefficient (Wildman–Crippen LogP) is 3.16. The number of carbonyl (C=O) groups excluding carboxylic acids is 1. The first-order chi connectivity index (χ1) is 12.0. The van der Waals surface area contributed by atoms with Crippen molar-refractivity contribution in [3.8, 4) is 5.75 Å². The van der Waals surface area contributed by atoms with Gasteiger partial charge in [-0.1, -0.05) is 6.07 Å². The van der Waals surface area contributed by atoms with Crippen molar-refractivity contribution in [3.05, 3.63) is 29.3 Å². The fourth-order valence-electron chi connectivity index (χ4n) is 5.11. The van der Waals surface area contributed by atoms with Gasteiger partial charge in [0.25, 0.3) is 0 Å². The summed E-state index contributed by atoms with van der Waals surface area (Å²) in [5.41, 5.74) is 8.27. The molecule has 5 unspecified atom stereocenters. The molecular weight excluding hydrogens is 326 g/mol. The number of rotatable bonds is 4. The first-order valence-electron chi connectivity index (χ1n) is 9.16. The summed E-state index contributed by atoms with van der Waals surface area (Å²) in [6.07, 6.45) is 5.92. The maximum absolute atomic E-state index is 12.8. The number of nitrogens with one attached hydrogen (secondary N) is 1. The number of fused-ring (bicyclic) bond motifs is 3. The fourth-order valence-corrected chi connectivity index (χ4v) is 5.11. The largest absolute Gasteiger partial charge is 0.435 e. The Balaban J connectivity index is 1.48. The zero-order chi connectivity index (χ0) is 17.6. The summed E-state index contributed by atoms with van der Waals surface area (Å²) >= 11 is 0. The van der Waals surface area contributed by atoms with Crippen LogP contribution in [0.5, 0.6) is 5.75 Å². The SMILES string of the molecule is NC1C2CCC(C2)C1C(=O)NC1CCCc2cc(OC(F)F)ccc21. The van der Waals surface area contributed by atoms with Crippen LogP contribution in [0, 0.1) is 17.8 Å². The first-order valence-corrected chi connectivity index (χ1v) is 9.16. The average molecular weight is 350 g/mol. The van der Waals surface area contributed by atoms with Crippen LogP contribution in [0.15, 0.2) is 18.2 Å². The molecule has 1 amide bonds. The lowest BCUT2D eigenvalue weighted by atomic mass is 9.83. The number of benzene rings is 1. The molecule has 4 nitrogen and oxygen atoms in total. The Morgan fingerprint density at radius 1 is 1.24 bits per heavy atom. The number of aryl methyl sites for hydroxylation is 1. The highest BCUT2D eigenvalue weighted by molar-refractivity contribution is 5.81. The van der Waals surface area contributed by atoms with Crippen molar-refractivity contribution in [2.45, 2.75) is 57.2 Å². The zero-order valence-corrected chi connectivity index (χ0v) is 14.1. The van der Waals surface area contributed by atoms with Crippen molar-refractivity contribution in [2.75, 3.05) is 0 Å². The van der Waals surface area contributed by atoms with E-state index in [9.17, 15) is 13.6 Å². The molecule has 2 saturated carbocycles. The van der Waals surface area contributed by atoms with Crippen molar-refractivity contribution in [1.82, 2.24) is 5.32 Å². The standard InChI is InChI=1S/C19H24F2N2O2/c20-19(21)25-13-6-7-14-10(9-13)2-1-3-15(14)23-18(24)16-11-4-5-12(8-11)17(16)22/h6-7,9,11-12,15-17,19H,1-5,8,22H2,(H,23,24). The second kappa shape index (κ2) is 6.56. The molecule has 2 bridgehead atoms. The van der Waals surface area contributed by atoms with E-state index in [0.29, 0.717) is 11.8 Å². The summed E-state index contributed by atoms with van der Waals surface area (Å²) in [6.45, 7) is -2.82. The van der Waals surface area contributed by atoms with Gasteiger partial charge in [0.05, 0.1) is 12.0 Å². The van der Waals surface area contributed by atoms with Crippen LogP contribution in [0.3, 0.4) is 0 Å². The summed E-state index contributed by atoms with van der Waals surface area (Å²) in [5, 5.41) is 3.18. The van der Waals surface area contributed by atoms with E-state index in [-0.39, 0.29) is 29.7 Å². The molecule has 0 spiro atoms. The van der Waals surface area contributed by atoms with Crippen molar-refractivity contribution >= 4 is 5.91 Å². The van der Waals surface area contributed by atoms with Crippen LogP contribution in [0.4, 0.5) is 8.78 Å². The van der Waals surface area contributed by atoms with E-state index < -0.39 is 6.61 Å². The van der Waals surface area contributed by atoms with Gasteiger partial charge in [-0.3, -0.25) is 4.79 Å². The van der Waals surface area contributed by atoms with E-state index >= 15 is 0 Å². The second-order valence-electron chi connectivity index (χ2n) is 7.63. The highest BCUT2D eigenvalue weighted by Crippen LogP contribution is 2.48. The van der Waals surface area contributed by atoms with Gasteiger partial charge >= 0.3 is 6.61 Å². The van der Waals surface area contributed by atoms with Gasteiger partial charge in [-0.25, -0.2) is 0 Å². The molecule has 0 radical (unpaired) electrons. The van der Waals surface area contributed by atoms with Crippen LogP contribution in [0.2, 0.25) is 0 Å². The lowest BCUT2D eigenvalue weighted by molar-refractivity contribution is -0.127. The molecule has 0 heterocycles. The minimum absolute atomic E-state index is 0.0244. The molecule has 4 rings (SSSR count). The third-order valence-electron chi connectivity index (χ3n) is 6.25. The summed E-state index contributed by atoms with van der Waals surface area (Å²) in [5.74, 6) is 1.07. The Morgan fingerprint density at radius 2 is 2.04 bits per heavy atom. The Morgan fingerprint density at radius 3 is 2.76 bits per heavy atom. The number of carbonyl (C=O) groups is 1. The van der Waals surface area contributed by atoms with Crippen LogP contribution < -0.4 is 15.8 Å². The van der Waals surface area contributed by atoms with E-state index in [0.717, 1.165) is 49.7 Å². The molecule has 25 heavy (non-hydrogen) atoms. The zero-order valence-electron chi connectivity index (χ0n) is 14.1. The molecule has 3 aliphatic rings. The van der Waals surface area contributed by atoms with Crippen LogP contribution in [-0.2, 0) is 11.2 Å². The van der Waals surface area contributed by atoms with Crippen LogP contribution in [-0.4, -0.2) is 18.6 Å². The number of amides is 1. The number of hydrogen-bond donors (Lipinski definition) is 2. The molecule has 0 aliphatic heterocycles. The highest BCUT2D eigenvalue weighted by Gasteiger charge is 2.49. The topological polar surface area (TPSA) is 64.4 Å². The summed E-state index contributed by atoms with van der Waals surface area (Å²) in [4.78, 5) is 12.8. The molecule has 2 fully saturated rings. The summed E-state index contributed by atoms with van der Waals surface area (Å²) in [7, 11) is 0. The van der Waals surface area contributed by atoms with Gasteiger partial charge in [0.2, 0.25) is 5.91 Å². The van der Waals surface area contributed by atoms with Crippen molar-refractivity contribution in [1.29, 1.82) is 0 Å². The van der Waals surface area contributed by atoms with Crippen LogP contribution in [0.1, 0.15) is 49.3 Å². The maximum atomic E-state index is 12.8. The van der Waals surface area contributed by atoms with Crippen molar-refractivity contribution in [3.63, 3.8) is 0 Å². The Hall–Kier alpha value is -1.69. The molecule has 136 valence electrons. The summed E-state index contributed by atoms with van der Waals surface area (Å²) < 4.78 is 29.3. The molecule has 3 N–H and O–H groups in total. The predicted molar refractivity (Wildman–Crippen MR) is 89.2 cm³/mol. The minimum Gasteiger partial charge on any atom is -0.435 e. The third kappa shape index (κ3) is 3.12. The molecule has 0 aromatic heterocycles. The smallest absolute Gasteiger partial charge is 0.387 e. The van der Waals surface area contributed by atoms with E-state index in [4.69, 9.17) is 5.73 Å². The van der Waals surface area contributed by atoms with Gasteiger partial charge in [-0.2, -0.15) is 8.78 Å². The average Bonchev–Trinajstić information content (AvgIpc) is 3.15. The number of halogens is 2. The van der Waals surface area contributed by atoms with Crippen LogP contribution >= 0.6 is 0 Å². The molecular formula is C19H24F2N2O2. The molecule has 0 saturated heterocycles. The fraction of sp³-hybridized carbons (Fsp3) is 0.632. The molecule has 5 atom stereocenters. The van der Waals surface area contributed by atoms with Crippen molar-refractivity contribution in [2.24, 2.45) is 23.5 Å². The monoisotopic (exact) mass is 350 g/mol. The molecule has 1 aromatic carbocycles. The summed E-state index contributed by atoms with van der Waals surface area (Å²) in [6, 6.07) is 4.94. The van der Waals surface area contributed by atoms with Gasteiger partial charge in [0.15, 0.2) is 0 Å². The number of hydrogen-bond acceptors (Lipinski definition) is 3. The van der Waals surface area contributed by atoms with Crippen LogP contribution in [0.25, 0.3) is 0 Å².